The van der Waals surface area contributed by atoms with E-state index < -0.39 is 0 Å². The zero-order chi connectivity index (χ0) is 14.7. The van der Waals surface area contributed by atoms with E-state index in [9.17, 15) is 5.26 Å². The maximum absolute atomic E-state index is 9.31. The first-order valence-electron chi connectivity index (χ1n) is 6.38. The topological polar surface area (TPSA) is 49.6 Å². The second-order valence-electron chi connectivity index (χ2n) is 4.41. The molecular formula is C17H10ClN3. The molecule has 1 aromatic heterocycles. The van der Waals surface area contributed by atoms with E-state index in [-0.39, 0.29) is 5.15 Å². The highest BCUT2D eigenvalue weighted by Crippen LogP contribution is 2.28. The monoisotopic (exact) mass is 291 g/mol. The van der Waals surface area contributed by atoms with Gasteiger partial charge in [0, 0.05) is 11.1 Å². The molecule has 0 aliphatic rings. The summed E-state index contributed by atoms with van der Waals surface area (Å²) in [6, 6.07) is 21.1. The molecule has 0 fully saturated rings. The summed E-state index contributed by atoms with van der Waals surface area (Å²) in [5.74, 6) is 0.512. The normalized spacial score (nSPS) is 10.1. The standard InChI is InChI=1S/C17H10ClN3/c18-16-14(11-19)15(12-7-3-1-4-8-12)20-17(21-16)13-9-5-2-6-10-13/h1-10H. The van der Waals surface area contributed by atoms with Gasteiger partial charge in [-0.05, 0) is 0 Å². The minimum Gasteiger partial charge on any atom is -0.226 e. The summed E-state index contributed by atoms with van der Waals surface area (Å²) < 4.78 is 0. The van der Waals surface area contributed by atoms with Crippen molar-refractivity contribution in [2.75, 3.05) is 0 Å². The van der Waals surface area contributed by atoms with Gasteiger partial charge in [-0.3, -0.25) is 0 Å². The van der Waals surface area contributed by atoms with Crippen LogP contribution in [0.1, 0.15) is 5.56 Å². The van der Waals surface area contributed by atoms with Gasteiger partial charge in [-0.15, -0.1) is 0 Å². The lowest BCUT2D eigenvalue weighted by Crippen LogP contribution is -1.97. The van der Waals surface area contributed by atoms with Gasteiger partial charge in [0.2, 0.25) is 0 Å². The van der Waals surface area contributed by atoms with Gasteiger partial charge in [0.15, 0.2) is 11.0 Å². The van der Waals surface area contributed by atoms with Crippen molar-refractivity contribution in [1.29, 1.82) is 5.26 Å². The maximum atomic E-state index is 9.31. The highest BCUT2D eigenvalue weighted by Gasteiger charge is 2.15. The van der Waals surface area contributed by atoms with Crippen molar-refractivity contribution in [1.82, 2.24) is 9.97 Å². The smallest absolute Gasteiger partial charge is 0.161 e. The molecule has 0 amide bonds. The molecule has 0 saturated heterocycles. The molecule has 2 aromatic carbocycles. The number of hydrogen-bond acceptors (Lipinski definition) is 3. The van der Waals surface area contributed by atoms with Crippen molar-refractivity contribution < 1.29 is 0 Å². The molecule has 0 aliphatic heterocycles. The van der Waals surface area contributed by atoms with Crippen LogP contribution in [-0.4, -0.2) is 9.97 Å². The Hall–Kier alpha value is -2.70. The number of nitriles is 1. The highest BCUT2D eigenvalue weighted by atomic mass is 35.5. The lowest BCUT2D eigenvalue weighted by Gasteiger charge is -2.08. The fourth-order valence-electron chi connectivity index (χ4n) is 2.05. The molecule has 0 atom stereocenters. The third-order valence-corrected chi connectivity index (χ3v) is 3.33. The van der Waals surface area contributed by atoms with Gasteiger partial charge >= 0.3 is 0 Å². The van der Waals surface area contributed by atoms with Crippen LogP contribution in [0.15, 0.2) is 60.7 Å². The van der Waals surface area contributed by atoms with Crippen LogP contribution in [0.2, 0.25) is 5.15 Å². The van der Waals surface area contributed by atoms with Crippen molar-refractivity contribution in [2.24, 2.45) is 0 Å². The first-order valence-corrected chi connectivity index (χ1v) is 6.76. The molecule has 3 nitrogen and oxygen atoms in total. The van der Waals surface area contributed by atoms with Gasteiger partial charge < -0.3 is 0 Å². The quantitative estimate of drug-likeness (QED) is 0.660. The van der Waals surface area contributed by atoms with Gasteiger partial charge in [-0.1, -0.05) is 72.3 Å². The Bertz CT molecular complexity index is 809. The van der Waals surface area contributed by atoms with Gasteiger partial charge in [-0.2, -0.15) is 5.26 Å². The molecule has 0 aliphatic carbocycles. The first-order chi connectivity index (χ1) is 10.3. The molecule has 0 radical (unpaired) electrons. The third kappa shape index (κ3) is 2.62. The van der Waals surface area contributed by atoms with Crippen LogP contribution in [0.4, 0.5) is 0 Å². The van der Waals surface area contributed by atoms with E-state index in [1.807, 2.05) is 60.7 Å². The van der Waals surface area contributed by atoms with Crippen LogP contribution in [0.3, 0.4) is 0 Å². The van der Waals surface area contributed by atoms with Crippen LogP contribution < -0.4 is 0 Å². The highest BCUT2D eigenvalue weighted by molar-refractivity contribution is 6.31. The van der Waals surface area contributed by atoms with E-state index in [0.717, 1.165) is 11.1 Å². The number of benzene rings is 2. The number of halogens is 1. The van der Waals surface area contributed by atoms with Crippen LogP contribution in [-0.2, 0) is 0 Å². The molecule has 100 valence electrons. The average Bonchev–Trinajstić information content (AvgIpc) is 2.55. The van der Waals surface area contributed by atoms with Gasteiger partial charge in [0.25, 0.3) is 0 Å². The average molecular weight is 292 g/mol. The predicted molar refractivity (Wildman–Crippen MR) is 82.6 cm³/mol. The summed E-state index contributed by atoms with van der Waals surface area (Å²) in [6.07, 6.45) is 0. The third-order valence-electron chi connectivity index (χ3n) is 3.06. The van der Waals surface area contributed by atoms with Crippen molar-refractivity contribution in [3.63, 3.8) is 0 Å². The van der Waals surface area contributed by atoms with Gasteiger partial charge in [0.1, 0.15) is 11.6 Å². The molecule has 0 N–H and O–H groups in total. The summed E-state index contributed by atoms with van der Waals surface area (Å²) in [5, 5.41) is 9.48. The first kappa shape index (κ1) is 13.3. The van der Waals surface area contributed by atoms with Crippen molar-refractivity contribution in [2.45, 2.75) is 0 Å². The fraction of sp³-hybridized carbons (Fsp3) is 0. The Labute approximate surface area is 127 Å². The number of nitrogens with zero attached hydrogens (tertiary/aromatic N) is 3. The van der Waals surface area contributed by atoms with Crippen LogP contribution >= 0.6 is 11.6 Å². The summed E-state index contributed by atoms with van der Waals surface area (Å²) in [7, 11) is 0. The Balaban J connectivity index is 2.24. The molecule has 0 bridgehead atoms. The summed E-state index contributed by atoms with van der Waals surface area (Å²) >= 11 is 6.16. The van der Waals surface area contributed by atoms with E-state index in [1.54, 1.807) is 0 Å². The van der Waals surface area contributed by atoms with E-state index in [2.05, 4.69) is 16.0 Å². The Morgan fingerprint density at radius 2 is 1.38 bits per heavy atom. The maximum Gasteiger partial charge on any atom is 0.161 e. The van der Waals surface area contributed by atoms with Gasteiger partial charge in [-0.25, -0.2) is 9.97 Å². The van der Waals surface area contributed by atoms with Crippen molar-refractivity contribution >= 4 is 11.6 Å². The zero-order valence-corrected chi connectivity index (χ0v) is 11.7. The minimum absolute atomic E-state index is 0.171. The summed E-state index contributed by atoms with van der Waals surface area (Å²) in [4.78, 5) is 8.76. The second-order valence-corrected chi connectivity index (χ2v) is 4.76. The molecule has 0 spiro atoms. The van der Waals surface area contributed by atoms with E-state index >= 15 is 0 Å². The van der Waals surface area contributed by atoms with Crippen LogP contribution in [0.25, 0.3) is 22.6 Å². The van der Waals surface area contributed by atoms with Crippen molar-refractivity contribution in [3.8, 4) is 28.7 Å². The molecule has 3 aromatic rings. The van der Waals surface area contributed by atoms with E-state index in [1.165, 1.54) is 0 Å². The van der Waals surface area contributed by atoms with Crippen LogP contribution in [0.5, 0.6) is 0 Å². The minimum atomic E-state index is 0.171. The van der Waals surface area contributed by atoms with Crippen LogP contribution in [0, 0.1) is 11.3 Å². The number of hydrogen-bond donors (Lipinski definition) is 0. The summed E-state index contributed by atoms with van der Waals surface area (Å²) in [5.41, 5.74) is 2.55. The molecule has 21 heavy (non-hydrogen) atoms. The zero-order valence-electron chi connectivity index (χ0n) is 11.0. The molecular weight excluding hydrogens is 282 g/mol. The fourth-order valence-corrected chi connectivity index (χ4v) is 2.27. The van der Waals surface area contributed by atoms with E-state index in [0.29, 0.717) is 17.1 Å². The van der Waals surface area contributed by atoms with Crippen molar-refractivity contribution in [3.05, 3.63) is 71.4 Å². The Morgan fingerprint density at radius 3 is 1.95 bits per heavy atom. The Morgan fingerprint density at radius 1 is 0.810 bits per heavy atom. The lowest BCUT2D eigenvalue weighted by atomic mass is 10.1. The SMILES string of the molecule is N#Cc1c(Cl)nc(-c2ccccc2)nc1-c1ccccc1. The molecule has 1 heterocycles. The molecule has 3 rings (SSSR count). The predicted octanol–water partition coefficient (Wildman–Crippen LogP) is 4.34. The largest absolute Gasteiger partial charge is 0.226 e. The number of rotatable bonds is 2. The van der Waals surface area contributed by atoms with E-state index in [4.69, 9.17) is 11.6 Å². The molecule has 4 heteroatoms. The second kappa shape index (κ2) is 5.74. The molecule has 0 unspecified atom stereocenters. The molecule has 0 saturated carbocycles. The van der Waals surface area contributed by atoms with Gasteiger partial charge in [0.05, 0.1) is 5.69 Å². The summed E-state index contributed by atoms with van der Waals surface area (Å²) in [6.45, 7) is 0. The lowest BCUT2D eigenvalue weighted by molar-refractivity contribution is 1.16. The Kier molecular flexibility index (Phi) is 3.63. The number of aromatic nitrogens is 2.